The number of hydrogen-bond acceptors (Lipinski definition) is 4. The highest BCUT2D eigenvalue weighted by molar-refractivity contribution is 6.15. The van der Waals surface area contributed by atoms with E-state index in [1.165, 1.54) is 6.92 Å². The van der Waals surface area contributed by atoms with Crippen LogP contribution in [0.3, 0.4) is 0 Å². The fourth-order valence-electron chi connectivity index (χ4n) is 6.03. The summed E-state index contributed by atoms with van der Waals surface area (Å²) >= 11 is 0. The second kappa shape index (κ2) is 11.9. The molecule has 0 spiro atoms. The van der Waals surface area contributed by atoms with Gasteiger partial charge in [0, 0.05) is 16.6 Å². The van der Waals surface area contributed by atoms with Crippen molar-refractivity contribution in [1.82, 2.24) is 0 Å². The van der Waals surface area contributed by atoms with Crippen LogP contribution >= 0.6 is 0 Å². The first-order chi connectivity index (χ1) is 20.2. The average molecular weight is 553 g/mol. The number of nitrogens with one attached hydrogen (secondary N) is 1. The predicted octanol–water partition coefficient (Wildman–Crippen LogP) is 9.35. The summed E-state index contributed by atoms with van der Waals surface area (Å²) in [5, 5.41) is 23.8. The number of nitrogen functional groups attached to an aromatic ring is 1. The minimum atomic E-state index is -0.189. The Morgan fingerprint density at radius 2 is 1.48 bits per heavy atom. The van der Waals surface area contributed by atoms with Gasteiger partial charge in [-0.05, 0) is 102 Å². The summed E-state index contributed by atoms with van der Waals surface area (Å²) in [5.41, 5.74) is 14.6. The van der Waals surface area contributed by atoms with E-state index in [-0.39, 0.29) is 11.5 Å². The second-order valence-electron chi connectivity index (χ2n) is 10.9. The molecule has 0 aliphatic heterocycles. The van der Waals surface area contributed by atoms with Crippen molar-refractivity contribution in [1.29, 1.82) is 5.41 Å². The molecule has 4 aromatic carbocycles. The molecular formula is C38H36N2O2. The Hall–Kier alpha value is -4.96. The Bertz CT molecular complexity index is 1900. The molecule has 4 aromatic rings. The maximum atomic E-state index is 12.8. The summed E-state index contributed by atoms with van der Waals surface area (Å²) in [7, 11) is 0. The highest BCUT2D eigenvalue weighted by atomic mass is 16.3. The van der Waals surface area contributed by atoms with Gasteiger partial charge in [-0.2, -0.15) is 0 Å². The SMILES string of the molecule is CC(=O)C(=C(C)O)C1=C(C=CC(=N)c2cccc3cccc(C)c23)CC/C1=C\C=C(\C)c1cccc2cccc(N)c12. The van der Waals surface area contributed by atoms with Crippen LogP contribution in [0.1, 0.15) is 50.3 Å². The second-order valence-corrected chi connectivity index (χ2v) is 10.9. The number of Topliss-reactive ketones (excluding diaryl/α,β-unsaturated/α-hetero) is 1. The molecule has 1 aliphatic rings. The third-order valence-corrected chi connectivity index (χ3v) is 8.02. The number of anilines is 1. The zero-order chi connectivity index (χ0) is 30.0. The number of carbonyl (C=O) groups excluding carboxylic acids is 1. The number of aryl methyl sites for hydroxylation is 1. The van der Waals surface area contributed by atoms with Gasteiger partial charge in [0.05, 0.1) is 11.3 Å². The molecule has 1 aliphatic carbocycles. The number of benzene rings is 4. The Labute approximate surface area is 247 Å². The van der Waals surface area contributed by atoms with Crippen LogP contribution in [0.4, 0.5) is 5.69 Å². The van der Waals surface area contributed by atoms with Crippen LogP contribution in [-0.4, -0.2) is 16.6 Å². The van der Waals surface area contributed by atoms with Crippen molar-refractivity contribution in [2.75, 3.05) is 5.73 Å². The number of rotatable bonds is 7. The minimum absolute atomic E-state index is 0.00140. The number of carbonyl (C=O) groups is 1. The van der Waals surface area contributed by atoms with E-state index in [0.29, 0.717) is 17.7 Å². The van der Waals surface area contributed by atoms with Crippen molar-refractivity contribution in [3.63, 3.8) is 0 Å². The van der Waals surface area contributed by atoms with Crippen molar-refractivity contribution >= 4 is 44.3 Å². The van der Waals surface area contributed by atoms with Gasteiger partial charge in [-0.15, -0.1) is 0 Å². The van der Waals surface area contributed by atoms with Crippen LogP contribution in [0.15, 0.2) is 125 Å². The van der Waals surface area contributed by atoms with E-state index in [0.717, 1.165) is 72.6 Å². The van der Waals surface area contributed by atoms with Crippen LogP contribution in [-0.2, 0) is 4.79 Å². The van der Waals surface area contributed by atoms with E-state index in [1.54, 1.807) is 6.92 Å². The predicted molar refractivity (Wildman–Crippen MR) is 177 cm³/mol. The van der Waals surface area contributed by atoms with Gasteiger partial charge in [-0.1, -0.05) is 85.0 Å². The van der Waals surface area contributed by atoms with Gasteiger partial charge in [0.15, 0.2) is 5.78 Å². The lowest BCUT2D eigenvalue weighted by molar-refractivity contribution is -0.113. The van der Waals surface area contributed by atoms with E-state index in [9.17, 15) is 9.90 Å². The van der Waals surface area contributed by atoms with E-state index >= 15 is 0 Å². The molecule has 0 bridgehead atoms. The van der Waals surface area contributed by atoms with E-state index in [4.69, 9.17) is 11.1 Å². The number of fused-ring (bicyclic) bond motifs is 2. The molecular weight excluding hydrogens is 516 g/mol. The number of ketones is 1. The fourth-order valence-corrected chi connectivity index (χ4v) is 6.03. The molecule has 0 saturated heterocycles. The van der Waals surface area contributed by atoms with Gasteiger partial charge < -0.3 is 16.2 Å². The number of nitrogens with two attached hydrogens (primary N) is 1. The molecule has 0 atom stereocenters. The van der Waals surface area contributed by atoms with Gasteiger partial charge >= 0.3 is 0 Å². The number of allylic oxidation sites excluding steroid dienone is 10. The maximum absolute atomic E-state index is 12.8. The summed E-state index contributed by atoms with van der Waals surface area (Å²) < 4.78 is 0. The van der Waals surface area contributed by atoms with Crippen LogP contribution < -0.4 is 5.73 Å². The molecule has 4 N–H and O–H groups in total. The Morgan fingerprint density at radius 3 is 2.14 bits per heavy atom. The molecule has 0 fully saturated rings. The maximum Gasteiger partial charge on any atom is 0.163 e. The molecule has 0 amide bonds. The van der Waals surface area contributed by atoms with E-state index < -0.39 is 0 Å². The number of aliphatic hydroxyl groups excluding tert-OH is 1. The van der Waals surface area contributed by atoms with Crippen LogP contribution in [0.5, 0.6) is 0 Å². The quantitative estimate of drug-likeness (QED) is 0.0924. The lowest BCUT2D eigenvalue weighted by Gasteiger charge is -2.12. The van der Waals surface area contributed by atoms with Crippen molar-refractivity contribution < 1.29 is 9.90 Å². The van der Waals surface area contributed by atoms with Gasteiger partial charge in [0.1, 0.15) is 5.76 Å². The van der Waals surface area contributed by atoms with Gasteiger partial charge in [0.25, 0.3) is 0 Å². The van der Waals surface area contributed by atoms with Gasteiger partial charge in [-0.3, -0.25) is 4.79 Å². The molecule has 4 heteroatoms. The first kappa shape index (κ1) is 28.6. The Morgan fingerprint density at radius 1 is 0.857 bits per heavy atom. The first-order valence-corrected chi connectivity index (χ1v) is 14.2. The summed E-state index contributed by atoms with van der Waals surface area (Å²) in [6, 6.07) is 24.3. The molecule has 210 valence electrons. The summed E-state index contributed by atoms with van der Waals surface area (Å²) in [6.45, 7) is 7.17. The molecule has 0 radical (unpaired) electrons. The fraction of sp³-hybridized carbons (Fsp3) is 0.158. The van der Waals surface area contributed by atoms with E-state index in [1.807, 2.05) is 48.6 Å². The lowest BCUT2D eigenvalue weighted by Crippen LogP contribution is -2.05. The monoisotopic (exact) mass is 552 g/mol. The molecule has 4 nitrogen and oxygen atoms in total. The highest BCUT2D eigenvalue weighted by Gasteiger charge is 2.25. The molecule has 5 rings (SSSR count). The molecule has 42 heavy (non-hydrogen) atoms. The van der Waals surface area contributed by atoms with Crippen molar-refractivity contribution in [2.24, 2.45) is 0 Å². The molecule has 0 saturated carbocycles. The molecule has 0 heterocycles. The zero-order valence-electron chi connectivity index (χ0n) is 24.6. The van der Waals surface area contributed by atoms with Crippen LogP contribution in [0.2, 0.25) is 0 Å². The minimum Gasteiger partial charge on any atom is -0.512 e. The Kier molecular flexibility index (Phi) is 8.08. The number of aliphatic hydroxyl groups is 1. The summed E-state index contributed by atoms with van der Waals surface area (Å²) in [6.07, 6.45) is 9.29. The smallest absolute Gasteiger partial charge is 0.163 e. The number of hydrogen-bond donors (Lipinski definition) is 3. The standard InChI is InChI=1S/C38H36N2O2/c1-23(31-14-6-12-28-13-8-16-34(40)38(28)31)17-18-29-19-20-30(37(29)36(25(3)41)26(4)42)21-22-33(39)32-15-7-11-27-10-5-9-24(2)35(27)32/h5-18,21-22,39,41H,19-20,40H2,1-4H3/b22-21?,23-17-,29-18+,36-25?,39-33?. The summed E-state index contributed by atoms with van der Waals surface area (Å²) in [4.78, 5) is 12.8. The molecule has 0 unspecified atom stereocenters. The summed E-state index contributed by atoms with van der Waals surface area (Å²) in [5.74, 6) is -0.190. The van der Waals surface area contributed by atoms with Crippen LogP contribution in [0.25, 0.3) is 27.1 Å². The average Bonchev–Trinajstić information content (AvgIpc) is 3.35. The van der Waals surface area contributed by atoms with Gasteiger partial charge in [0.2, 0.25) is 0 Å². The topological polar surface area (TPSA) is 87.2 Å². The highest BCUT2D eigenvalue weighted by Crippen LogP contribution is 2.39. The lowest BCUT2D eigenvalue weighted by atomic mass is 9.92. The van der Waals surface area contributed by atoms with Crippen molar-refractivity contribution in [3.8, 4) is 0 Å². The van der Waals surface area contributed by atoms with Crippen molar-refractivity contribution in [3.05, 3.63) is 142 Å². The van der Waals surface area contributed by atoms with Crippen molar-refractivity contribution in [2.45, 2.75) is 40.5 Å². The van der Waals surface area contributed by atoms with Crippen LogP contribution in [0, 0.1) is 12.3 Å². The third-order valence-electron chi connectivity index (χ3n) is 8.02. The molecule has 0 aromatic heterocycles. The largest absolute Gasteiger partial charge is 0.512 e. The first-order valence-electron chi connectivity index (χ1n) is 14.2. The van der Waals surface area contributed by atoms with E-state index in [2.05, 4.69) is 62.4 Å². The zero-order valence-corrected chi connectivity index (χ0v) is 24.6. The van der Waals surface area contributed by atoms with Gasteiger partial charge in [-0.25, -0.2) is 0 Å². The Balaban J connectivity index is 1.57. The third kappa shape index (κ3) is 5.48. The normalized spacial score (nSPS) is 15.7.